The Labute approximate surface area is 122 Å². The minimum Gasteiger partial charge on any atom is -0.476 e. The van der Waals surface area contributed by atoms with Gasteiger partial charge in [0, 0.05) is 13.1 Å². The molecule has 21 heavy (non-hydrogen) atoms. The van der Waals surface area contributed by atoms with Gasteiger partial charge in [-0.05, 0) is 27.2 Å². The zero-order valence-electron chi connectivity index (χ0n) is 12.3. The third-order valence-electron chi connectivity index (χ3n) is 2.89. The number of aromatic nitrogens is 1. The summed E-state index contributed by atoms with van der Waals surface area (Å²) in [6, 6.07) is 0.168. The van der Waals surface area contributed by atoms with Crippen molar-refractivity contribution in [1.82, 2.24) is 10.3 Å². The minimum absolute atomic E-state index is 0.0833. The number of alkyl carbamates (subject to hydrolysis) is 1. The highest BCUT2D eigenvalue weighted by Gasteiger charge is 2.28. The Kier molecular flexibility index (Phi) is 4.06. The van der Waals surface area contributed by atoms with Crippen LogP contribution in [0.1, 0.15) is 37.7 Å². The number of carbonyl (C=O) groups is 2. The first-order chi connectivity index (χ1) is 9.74. The molecule has 1 aliphatic heterocycles. The number of rotatable bonds is 3. The summed E-state index contributed by atoms with van der Waals surface area (Å²) in [5, 5.41) is 11.6. The molecule has 2 rings (SSSR count). The molecule has 0 unspecified atom stereocenters. The Bertz CT molecular complexity index is 534. The lowest BCUT2D eigenvalue weighted by molar-refractivity contribution is 0.0508. The normalized spacial score (nSPS) is 18.6. The molecule has 2 heterocycles. The first-order valence-corrected chi connectivity index (χ1v) is 6.68. The van der Waals surface area contributed by atoms with Crippen LogP contribution in [0.2, 0.25) is 0 Å². The van der Waals surface area contributed by atoms with Crippen LogP contribution in [0.4, 0.5) is 10.8 Å². The molecule has 1 atom stereocenters. The third-order valence-corrected chi connectivity index (χ3v) is 2.89. The number of carbonyl (C=O) groups excluding carboxylic acids is 1. The van der Waals surface area contributed by atoms with Gasteiger partial charge in [0.1, 0.15) is 11.9 Å². The summed E-state index contributed by atoms with van der Waals surface area (Å²) < 4.78 is 10.3. The van der Waals surface area contributed by atoms with E-state index in [0.29, 0.717) is 19.5 Å². The average Bonchev–Trinajstić information content (AvgIpc) is 2.93. The number of nitrogens with one attached hydrogen (secondary N) is 1. The molecule has 0 aliphatic carbocycles. The summed E-state index contributed by atoms with van der Waals surface area (Å²) in [7, 11) is 0. The summed E-state index contributed by atoms with van der Waals surface area (Å²) in [5.41, 5.74) is -0.671. The largest absolute Gasteiger partial charge is 0.476 e. The molecule has 0 bridgehead atoms. The topological polar surface area (TPSA) is 105 Å². The molecule has 1 aromatic heterocycles. The van der Waals surface area contributed by atoms with Gasteiger partial charge in [0.25, 0.3) is 6.01 Å². The van der Waals surface area contributed by atoms with E-state index in [2.05, 4.69) is 10.3 Å². The van der Waals surface area contributed by atoms with Crippen LogP contribution < -0.4 is 10.2 Å². The molecule has 1 aromatic rings. The van der Waals surface area contributed by atoms with Crippen molar-refractivity contribution in [2.24, 2.45) is 0 Å². The van der Waals surface area contributed by atoms with Gasteiger partial charge >= 0.3 is 12.1 Å². The van der Waals surface area contributed by atoms with Gasteiger partial charge in [-0.25, -0.2) is 9.59 Å². The second kappa shape index (κ2) is 5.63. The summed E-state index contributed by atoms with van der Waals surface area (Å²) >= 11 is 0. The molecule has 1 fully saturated rings. The maximum absolute atomic E-state index is 11.7. The van der Waals surface area contributed by atoms with E-state index >= 15 is 0 Å². The Balaban J connectivity index is 1.88. The number of amides is 1. The van der Waals surface area contributed by atoms with Gasteiger partial charge in [-0.3, -0.25) is 0 Å². The number of hydrogen-bond acceptors (Lipinski definition) is 6. The van der Waals surface area contributed by atoms with E-state index in [-0.39, 0.29) is 17.8 Å². The molecule has 0 saturated carbocycles. The van der Waals surface area contributed by atoms with E-state index in [4.69, 9.17) is 14.3 Å². The van der Waals surface area contributed by atoms with Crippen molar-refractivity contribution in [2.75, 3.05) is 18.0 Å². The van der Waals surface area contributed by atoms with Crippen LogP contribution >= 0.6 is 0 Å². The molecule has 0 spiro atoms. The van der Waals surface area contributed by atoms with Crippen molar-refractivity contribution in [3.05, 3.63) is 12.0 Å². The second-order valence-corrected chi connectivity index (χ2v) is 5.90. The monoisotopic (exact) mass is 297 g/mol. The predicted octanol–water partition coefficient (Wildman–Crippen LogP) is 1.48. The summed E-state index contributed by atoms with van der Waals surface area (Å²) in [4.78, 5) is 28.1. The second-order valence-electron chi connectivity index (χ2n) is 5.90. The number of hydrogen-bond donors (Lipinski definition) is 2. The molecule has 8 heteroatoms. The van der Waals surface area contributed by atoms with E-state index in [0.717, 1.165) is 6.26 Å². The van der Waals surface area contributed by atoms with Crippen molar-refractivity contribution >= 4 is 18.1 Å². The van der Waals surface area contributed by atoms with Crippen LogP contribution in [0.15, 0.2) is 10.7 Å². The Hall–Kier alpha value is -2.25. The fourth-order valence-electron chi connectivity index (χ4n) is 2.03. The van der Waals surface area contributed by atoms with Crippen LogP contribution in [-0.4, -0.2) is 46.9 Å². The van der Waals surface area contributed by atoms with Crippen LogP contribution in [0.5, 0.6) is 0 Å². The maximum Gasteiger partial charge on any atom is 0.407 e. The number of carboxylic acids is 1. The number of nitrogens with zero attached hydrogens (tertiary/aromatic N) is 2. The molecule has 116 valence electrons. The Morgan fingerprint density at radius 1 is 1.52 bits per heavy atom. The molecule has 2 N–H and O–H groups in total. The number of aromatic carboxylic acids is 1. The molecule has 0 radical (unpaired) electrons. The van der Waals surface area contributed by atoms with Crippen LogP contribution in [0.25, 0.3) is 0 Å². The molecule has 0 aromatic carbocycles. The van der Waals surface area contributed by atoms with Crippen LogP contribution in [0, 0.1) is 0 Å². The lowest BCUT2D eigenvalue weighted by atomic mass is 10.2. The van der Waals surface area contributed by atoms with Gasteiger partial charge in [0.05, 0.1) is 6.04 Å². The molecular weight excluding hydrogens is 278 g/mol. The van der Waals surface area contributed by atoms with Gasteiger partial charge in [0.15, 0.2) is 5.69 Å². The fourth-order valence-corrected chi connectivity index (χ4v) is 2.03. The maximum atomic E-state index is 11.7. The quantitative estimate of drug-likeness (QED) is 0.870. The number of ether oxygens (including phenoxy) is 1. The van der Waals surface area contributed by atoms with Crippen molar-refractivity contribution in [1.29, 1.82) is 0 Å². The Morgan fingerprint density at radius 2 is 2.24 bits per heavy atom. The molecule has 1 saturated heterocycles. The zero-order chi connectivity index (χ0) is 15.6. The standard InChI is InChI=1S/C13H19N3O5/c1-13(2,3)21-12(19)14-8-4-5-16(6-8)11-15-9(7-20-11)10(17)18/h7-8H,4-6H2,1-3H3,(H,14,19)(H,17,18)/t8-/m0/s1. The van der Waals surface area contributed by atoms with Gasteiger partial charge in [-0.1, -0.05) is 0 Å². The van der Waals surface area contributed by atoms with E-state index < -0.39 is 17.7 Å². The highest BCUT2D eigenvalue weighted by Crippen LogP contribution is 2.20. The lowest BCUT2D eigenvalue weighted by Gasteiger charge is -2.21. The van der Waals surface area contributed by atoms with E-state index in [1.54, 1.807) is 25.7 Å². The van der Waals surface area contributed by atoms with Crippen molar-refractivity contribution in [3.8, 4) is 0 Å². The number of oxazole rings is 1. The van der Waals surface area contributed by atoms with Crippen LogP contribution in [-0.2, 0) is 4.74 Å². The number of anilines is 1. The smallest absolute Gasteiger partial charge is 0.407 e. The van der Waals surface area contributed by atoms with Gasteiger partial charge in [-0.2, -0.15) is 4.98 Å². The average molecular weight is 297 g/mol. The van der Waals surface area contributed by atoms with E-state index in [1.165, 1.54) is 0 Å². The van der Waals surface area contributed by atoms with E-state index in [1.807, 2.05) is 0 Å². The SMILES string of the molecule is CC(C)(C)OC(=O)N[C@H]1CCN(c2nc(C(=O)O)co2)C1. The highest BCUT2D eigenvalue weighted by molar-refractivity contribution is 5.85. The molecule has 1 amide bonds. The molecule has 1 aliphatic rings. The van der Waals surface area contributed by atoms with Gasteiger partial charge < -0.3 is 24.5 Å². The number of carboxylic acid groups (broad SMARTS) is 1. The molecule has 8 nitrogen and oxygen atoms in total. The minimum atomic E-state index is -1.13. The fraction of sp³-hybridized carbons (Fsp3) is 0.615. The molecular formula is C13H19N3O5. The van der Waals surface area contributed by atoms with Crippen molar-refractivity contribution in [3.63, 3.8) is 0 Å². The first-order valence-electron chi connectivity index (χ1n) is 6.68. The zero-order valence-corrected chi connectivity index (χ0v) is 12.3. The highest BCUT2D eigenvalue weighted by atomic mass is 16.6. The summed E-state index contributed by atoms with van der Waals surface area (Å²) in [6.07, 6.45) is 1.35. The van der Waals surface area contributed by atoms with Gasteiger partial charge in [-0.15, -0.1) is 0 Å². The summed E-state index contributed by atoms with van der Waals surface area (Å²) in [6.45, 7) is 6.52. The van der Waals surface area contributed by atoms with Crippen molar-refractivity contribution in [2.45, 2.75) is 38.8 Å². The third kappa shape index (κ3) is 4.11. The van der Waals surface area contributed by atoms with Crippen LogP contribution in [0.3, 0.4) is 0 Å². The first kappa shape index (κ1) is 15.1. The predicted molar refractivity (Wildman–Crippen MR) is 73.5 cm³/mol. The van der Waals surface area contributed by atoms with Crippen molar-refractivity contribution < 1.29 is 23.8 Å². The van der Waals surface area contributed by atoms with E-state index in [9.17, 15) is 9.59 Å². The lowest BCUT2D eigenvalue weighted by Crippen LogP contribution is -2.40. The summed E-state index contributed by atoms with van der Waals surface area (Å²) in [5.74, 6) is -1.13. The van der Waals surface area contributed by atoms with Gasteiger partial charge in [0.2, 0.25) is 0 Å². The Morgan fingerprint density at radius 3 is 2.81 bits per heavy atom.